The van der Waals surface area contributed by atoms with Gasteiger partial charge in [0.15, 0.2) is 0 Å². The number of fused-ring (bicyclic) bond motifs is 1. The van der Waals surface area contributed by atoms with Crippen molar-refractivity contribution in [3.05, 3.63) is 28.5 Å². The summed E-state index contributed by atoms with van der Waals surface area (Å²) in [7, 11) is 0. The molecule has 0 radical (unpaired) electrons. The molecule has 0 spiro atoms. The van der Waals surface area contributed by atoms with Crippen molar-refractivity contribution in [2.45, 2.75) is 52.4 Å². The van der Waals surface area contributed by atoms with Gasteiger partial charge in [-0.1, -0.05) is 20.8 Å². The third kappa shape index (κ3) is 2.30. The quantitative estimate of drug-likeness (QED) is 0.875. The average molecular weight is 380 g/mol. The lowest BCUT2D eigenvalue weighted by molar-refractivity contribution is -0.151. The normalized spacial score (nSPS) is 27.9. The fourth-order valence-electron chi connectivity index (χ4n) is 4.06. The first-order valence-corrected chi connectivity index (χ1v) is 8.74. The maximum absolute atomic E-state index is 12.0. The summed E-state index contributed by atoms with van der Waals surface area (Å²) in [6.45, 7) is 8.11. The molecule has 1 fully saturated rings. The summed E-state index contributed by atoms with van der Waals surface area (Å²) in [5, 5.41) is 9.83. The van der Waals surface area contributed by atoms with Crippen LogP contribution in [0.5, 0.6) is 0 Å². The second-order valence-corrected chi connectivity index (χ2v) is 8.06. The number of carbonyl (C=O) groups is 1. The number of aromatic nitrogens is 3. The molecule has 2 aromatic heterocycles. The Labute approximate surface area is 144 Å². The van der Waals surface area contributed by atoms with Gasteiger partial charge in [-0.2, -0.15) is 0 Å². The Morgan fingerprint density at radius 1 is 1.43 bits per heavy atom. The summed E-state index contributed by atoms with van der Waals surface area (Å²) in [5.41, 5.74) is 0.940. The van der Waals surface area contributed by atoms with Crippen LogP contribution in [0, 0.1) is 18.3 Å². The number of aliphatic carboxylic acids is 1. The first-order chi connectivity index (χ1) is 10.7. The topological polar surface area (TPSA) is 67.5 Å². The van der Waals surface area contributed by atoms with Gasteiger partial charge in [-0.3, -0.25) is 14.2 Å². The van der Waals surface area contributed by atoms with Crippen LogP contribution in [0.2, 0.25) is 0 Å². The molecule has 0 saturated heterocycles. The van der Waals surface area contributed by atoms with Crippen LogP contribution < -0.4 is 0 Å². The van der Waals surface area contributed by atoms with E-state index in [0.717, 1.165) is 28.1 Å². The lowest BCUT2D eigenvalue weighted by Gasteiger charge is -2.31. The van der Waals surface area contributed by atoms with E-state index in [2.05, 4.69) is 32.2 Å². The number of hydrogen-bond donors (Lipinski definition) is 1. The van der Waals surface area contributed by atoms with Crippen LogP contribution in [0.15, 0.2) is 17.0 Å². The molecular weight excluding hydrogens is 358 g/mol. The number of rotatable bonds is 3. The van der Waals surface area contributed by atoms with Gasteiger partial charge in [0.05, 0.1) is 11.1 Å². The van der Waals surface area contributed by atoms with Crippen LogP contribution in [0.4, 0.5) is 0 Å². The molecular formula is C17H22BrN3O2. The molecule has 3 rings (SSSR count). The average Bonchev–Trinajstić information content (AvgIpc) is 3.00. The van der Waals surface area contributed by atoms with Crippen LogP contribution in [0.1, 0.15) is 51.6 Å². The molecule has 0 bridgehead atoms. The zero-order chi connectivity index (χ0) is 17.0. The summed E-state index contributed by atoms with van der Waals surface area (Å²) < 4.78 is 2.83. The molecule has 0 amide bonds. The molecule has 2 heterocycles. The van der Waals surface area contributed by atoms with Gasteiger partial charge in [-0.25, -0.2) is 4.98 Å². The molecule has 2 atom stereocenters. The zero-order valence-electron chi connectivity index (χ0n) is 13.9. The van der Waals surface area contributed by atoms with E-state index in [1.54, 1.807) is 6.20 Å². The molecule has 0 aromatic carbocycles. The third-order valence-electron chi connectivity index (χ3n) is 5.59. The highest BCUT2D eigenvalue weighted by atomic mass is 79.9. The van der Waals surface area contributed by atoms with Crippen LogP contribution in [0.3, 0.4) is 0 Å². The SMILES string of the molecule is Cc1nccn2c(C3(C)CCC(C(=O)O)(C(C)C)C3)nc(Br)c12. The molecule has 0 aliphatic heterocycles. The van der Waals surface area contributed by atoms with Crippen molar-refractivity contribution in [3.63, 3.8) is 0 Å². The summed E-state index contributed by atoms with van der Waals surface area (Å²) in [5.74, 6) is 0.336. The maximum Gasteiger partial charge on any atom is 0.309 e. The second-order valence-electron chi connectivity index (χ2n) is 7.31. The fourth-order valence-corrected chi connectivity index (χ4v) is 4.70. The summed E-state index contributed by atoms with van der Waals surface area (Å²) >= 11 is 3.54. The molecule has 2 unspecified atom stereocenters. The van der Waals surface area contributed by atoms with Crippen molar-refractivity contribution < 1.29 is 9.90 Å². The number of carboxylic acid groups (broad SMARTS) is 1. The molecule has 1 saturated carbocycles. The predicted octanol–water partition coefficient (Wildman–Crippen LogP) is 3.97. The first kappa shape index (κ1) is 16.4. The Morgan fingerprint density at radius 3 is 2.70 bits per heavy atom. The van der Waals surface area contributed by atoms with Gasteiger partial charge in [-0.15, -0.1) is 0 Å². The van der Waals surface area contributed by atoms with E-state index < -0.39 is 11.4 Å². The van der Waals surface area contributed by atoms with Gasteiger partial charge in [0, 0.05) is 17.8 Å². The van der Waals surface area contributed by atoms with Crippen molar-refractivity contribution >= 4 is 27.4 Å². The van der Waals surface area contributed by atoms with Crippen molar-refractivity contribution in [1.82, 2.24) is 14.4 Å². The molecule has 2 aromatic rings. The van der Waals surface area contributed by atoms with Gasteiger partial charge in [0.2, 0.25) is 0 Å². The summed E-state index contributed by atoms with van der Waals surface area (Å²) in [6.07, 6.45) is 5.80. The Hall–Kier alpha value is -1.43. The highest BCUT2D eigenvalue weighted by Gasteiger charge is 2.54. The number of nitrogens with zero attached hydrogens (tertiary/aromatic N) is 3. The van der Waals surface area contributed by atoms with Crippen molar-refractivity contribution in [2.75, 3.05) is 0 Å². The number of halogens is 1. The minimum atomic E-state index is -0.686. The smallest absolute Gasteiger partial charge is 0.309 e. The first-order valence-electron chi connectivity index (χ1n) is 7.94. The molecule has 1 aliphatic carbocycles. The minimum Gasteiger partial charge on any atom is -0.481 e. The Kier molecular flexibility index (Phi) is 3.78. The molecule has 1 aliphatic rings. The number of hydrogen-bond acceptors (Lipinski definition) is 3. The van der Waals surface area contributed by atoms with Gasteiger partial charge >= 0.3 is 5.97 Å². The number of imidazole rings is 1. The largest absolute Gasteiger partial charge is 0.481 e. The van der Waals surface area contributed by atoms with Crippen molar-refractivity contribution in [2.24, 2.45) is 11.3 Å². The standard InChI is InChI=1S/C17H22BrN3O2/c1-10(2)17(15(22)23)6-5-16(4,9-17)14-20-13(18)12-11(3)19-7-8-21(12)14/h7-8,10H,5-6,9H2,1-4H3,(H,22,23). The van der Waals surface area contributed by atoms with E-state index in [9.17, 15) is 9.90 Å². The summed E-state index contributed by atoms with van der Waals surface area (Å²) in [4.78, 5) is 21.0. The molecule has 6 heteroatoms. The van der Waals surface area contributed by atoms with Crippen LogP contribution >= 0.6 is 15.9 Å². The third-order valence-corrected chi connectivity index (χ3v) is 6.15. The van der Waals surface area contributed by atoms with E-state index in [4.69, 9.17) is 4.98 Å². The fraction of sp³-hybridized carbons (Fsp3) is 0.588. The minimum absolute atomic E-state index is 0.0971. The highest BCUT2D eigenvalue weighted by Crippen LogP contribution is 2.54. The second kappa shape index (κ2) is 5.30. The van der Waals surface area contributed by atoms with Gasteiger partial charge in [0.1, 0.15) is 15.9 Å². The number of aryl methyl sites for hydroxylation is 1. The zero-order valence-corrected chi connectivity index (χ0v) is 15.5. The van der Waals surface area contributed by atoms with E-state index >= 15 is 0 Å². The molecule has 5 nitrogen and oxygen atoms in total. The molecule has 124 valence electrons. The summed E-state index contributed by atoms with van der Waals surface area (Å²) in [6, 6.07) is 0. The Balaban J connectivity index is 2.13. The lowest BCUT2D eigenvalue weighted by Crippen LogP contribution is -2.36. The van der Waals surface area contributed by atoms with Gasteiger partial charge in [-0.05, 0) is 48.0 Å². The lowest BCUT2D eigenvalue weighted by atomic mass is 9.73. The number of carboxylic acids is 1. The predicted molar refractivity (Wildman–Crippen MR) is 91.5 cm³/mol. The van der Waals surface area contributed by atoms with E-state index in [-0.39, 0.29) is 11.3 Å². The van der Waals surface area contributed by atoms with E-state index in [1.807, 2.05) is 27.0 Å². The Bertz CT molecular complexity index is 785. The van der Waals surface area contributed by atoms with Gasteiger partial charge in [0.25, 0.3) is 0 Å². The van der Waals surface area contributed by atoms with E-state index in [0.29, 0.717) is 12.8 Å². The van der Waals surface area contributed by atoms with E-state index in [1.165, 1.54) is 0 Å². The van der Waals surface area contributed by atoms with Crippen LogP contribution in [0.25, 0.3) is 5.52 Å². The monoisotopic (exact) mass is 379 g/mol. The highest BCUT2D eigenvalue weighted by molar-refractivity contribution is 9.10. The van der Waals surface area contributed by atoms with Gasteiger partial charge < -0.3 is 5.11 Å². The van der Waals surface area contributed by atoms with Crippen molar-refractivity contribution in [1.29, 1.82) is 0 Å². The molecule has 23 heavy (non-hydrogen) atoms. The molecule has 1 N–H and O–H groups in total. The van der Waals surface area contributed by atoms with Crippen LogP contribution in [-0.4, -0.2) is 25.4 Å². The van der Waals surface area contributed by atoms with Crippen molar-refractivity contribution in [3.8, 4) is 0 Å². The maximum atomic E-state index is 12.0. The van der Waals surface area contributed by atoms with Crippen LogP contribution in [-0.2, 0) is 10.2 Å². The Morgan fingerprint density at radius 2 is 2.13 bits per heavy atom.